The number of urea groups is 1. The van der Waals surface area contributed by atoms with Crippen molar-refractivity contribution in [2.75, 3.05) is 0 Å². The molecule has 0 saturated heterocycles. The lowest BCUT2D eigenvalue weighted by molar-refractivity contribution is 0.203. The van der Waals surface area contributed by atoms with Crippen LogP contribution in [0.25, 0.3) is 17.0 Å². The number of amides is 2. The number of nitrogens with one attached hydrogen (secondary N) is 1. The van der Waals surface area contributed by atoms with Gasteiger partial charge in [0.2, 0.25) is 5.82 Å². The first kappa shape index (κ1) is 23.5. The summed E-state index contributed by atoms with van der Waals surface area (Å²) in [5.74, 6) is 0.934. The minimum atomic E-state index is -0.397. The largest absolute Gasteiger partial charge is 0.334 e. The molecule has 1 aromatic heterocycles. The zero-order valence-corrected chi connectivity index (χ0v) is 20.9. The standard InChI is InChI=1S/C30H30N4O2/c1-4-21-11-15-24(16-12-21)27-26(20(3)34(30(35)31-27)19-23-9-7-6-8-10-23)29-32-28(33-36-29)25-17-13-22(5-2)14-18-25/h6-18,27H,4-5,19H2,1-3H3,(H,31,35). The number of benzene rings is 3. The molecular formula is C30H30N4O2. The van der Waals surface area contributed by atoms with Crippen LogP contribution in [0.5, 0.6) is 0 Å². The van der Waals surface area contributed by atoms with Gasteiger partial charge in [-0.3, -0.25) is 4.90 Å². The van der Waals surface area contributed by atoms with E-state index in [0.29, 0.717) is 18.3 Å². The lowest BCUT2D eigenvalue weighted by Crippen LogP contribution is -2.45. The van der Waals surface area contributed by atoms with E-state index in [0.717, 1.165) is 40.8 Å². The summed E-state index contributed by atoms with van der Waals surface area (Å²) in [5, 5.41) is 7.47. The van der Waals surface area contributed by atoms with Crippen molar-refractivity contribution in [3.8, 4) is 11.4 Å². The van der Waals surface area contributed by atoms with Crippen molar-refractivity contribution in [3.63, 3.8) is 0 Å². The summed E-state index contributed by atoms with van der Waals surface area (Å²) in [6.07, 6.45) is 1.92. The van der Waals surface area contributed by atoms with E-state index in [1.54, 1.807) is 4.90 Å². The highest BCUT2D eigenvalue weighted by Gasteiger charge is 2.35. The minimum absolute atomic E-state index is 0.153. The highest BCUT2D eigenvalue weighted by atomic mass is 16.5. The van der Waals surface area contributed by atoms with Gasteiger partial charge in [-0.05, 0) is 42.0 Å². The van der Waals surface area contributed by atoms with Crippen LogP contribution in [0, 0.1) is 0 Å². The Labute approximate surface area is 211 Å². The van der Waals surface area contributed by atoms with Crippen LogP contribution in [-0.2, 0) is 19.4 Å². The van der Waals surface area contributed by atoms with Crippen LogP contribution < -0.4 is 5.32 Å². The molecule has 0 radical (unpaired) electrons. The maximum absolute atomic E-state index is 13.3. The third-order valence-corrected chi connectivity index (χ3v) is 6.78. The van der Waals surface area contributed by atoms with Gasteiger partial charge in [0.15, 0.2) is 0 Å². The van der Waals surface area contributed by atoms with Crippen molar-refractivity contribution < 1.29 is 9.32 Å². The third kappa shape index (κ3) is 4.67. The molecular weight excluding hydrogens is 448 g/mol. The van der Waals surface area contributed by atoms with Gasteiger partial charge in [-0.2, -0.15) is 4.98 Å². The Bertz CT molecular complexity index is 1370. The summed E-state index contributed by atoms with van der Waals surface area (Å²) in [6.45, 7) is 6.65. The van der Waals surface area contributed by atoms with E-state index in [4.69, 9.17) is 9.51 Å². The van der Waals surface area contributed by atoms with Crippen LogP contribution in [0.4, 0.5) is 4.79 Å². The van der Waals surface area contributed by atoms with E-state index in [9.17, 15) is 4.79 Å². The predicted octanol–water partition coefficient (Wildman–Crippen LogP) is 6.56. The summed E-state index contributed by atoms with van der Waals surface area (Å²) < 4.78 is 5.82. The lowest BCUT2D eigenvalue weighted by Gasteiger charge is -2.35. The van der Waals surface area contributed by atoms with E-state index in [1.165, 1.54) is 11.1 Å². The molecule has 2 amide bonds. The Kier molecular flexibility index (Phi) is 6.67. The molecule has 1 N–H and O–H groups in total. The molecule has 1 aliphatic heterocycles. The fourth-order valence-electron chi connectivity index (χ4n) is 4.55. The van der Waals surface area contributed by atoms with E-state index < -0.39 is 6.04 Å². The molecule has 1 atom stereocenters. The van der Waals surface area contributed by atoms with E-state index in [1.807, 2.05) is 49.4 Å². The van der Waals surface area contributed by atoms with Gasteiger partial charge in [-0.25, -0.2) is 4.79 Å². The van der Waals surface area contributed by atoms with Crippen LogP contribution in [-0.4, -0.2) is 21.1 Å². The monoisotopic (exact) mass is 478 g/mol. The summed E-state index contributed by atoms with van der Waals surface area (Å²) in [4.78, 5) is 19.8. The van der Waals surface area contributed by atoms with Crippen molar-refractivity contribution >= 4 is 11.6 Å². The van der Waals surface area contributed by atoms with Crippen LogP contribution in [0.2, 0.25) is 0 Å². The SMILES string of the molecule is CCc1ccc(-c2noc(C3=C(C)N(Cc4ccccc4)C(=O)NC3c3ccc(CC)cc3)n2)cc1. The molecule has 0 spiro atoms. The third-order valence-electron chi connectivity index (χ3n) is 6.78. The smallest absolute Gasteiger partial charge is 0.322 e. The van der Waals surface area contributed by atoms with Crippen LogP contribution in [0.15, 0.2) is 89.1 Å². The summed E-state index contributed by atoms with van der Waals surface area (Å²) in [5.41, 5.74) is 7.00. The van der Waals surface area contributed by atoms with Crippen LogP contribution in [0.1, 0.15) is 55.0 Å². The van der Waals surface area contributed by atoms with E-state index >= 15 is 0 Å². The van der Waals surface area contributed by atoms with Gasteiger partial charge in [0.05, 0.1) is 18.2 Å². The first-order chi connectivity index (χ1) is 17.6. The molecule has 2 heterocycles. The number of hydrogen-bond donors (Lipinski definition) is 1. The minimum Gasteiger partial charge on any atom is -0.334 e. The average molecular weight is 479 g/mol. The number of carbonyl (C=O) groups is 1. The van der Waals surface area contributed by atoms with Gasteiger partial charge in [0.25, 0.3) is 5.89 Å². The highest BCUT2D eigenvalue weighted by molar-refractivity contribution is 5.86. The fourth-order valence-corrected chi connectivity index (χ4v) is 4.55. The maximum atomic E-state index is 13.3. The van der Waals surface area contributed by atoms with Crippen molar-refractivity contribution in [3.05, 3.63) is 113 Å². The Morgan fingerprint density at radius 1 is 0.861 bits per heavy atom. The number of allylic oxidation sites excluding steroid dienone is 1. The average Bonchev–Trinajstić information content (AvgIpc) is 3.41. The fraction of sp³-hybridized carbons (Fsp3) is 0.233. The zero-order chi connectivity index (χ0) is 25.1. The van der Waals surface area contributed by atoms with Gasteiger partial charge >= 0.3 is 6.03 Å². The second-order valence-electron chi connectivity index (χ2n) is 9.02. The van der Waals surface area contributed by atoms with Crippen molar-refractivity contribution in [2.45, 2.75) is 46.2 Å². The maximum Gasteiger partial charge on any atom is 0.322 e. The van der Waals surface area contributed by atoms with Crippen LogP contribution in [0.3, 0.4) is 0 Å². The van der Waals surface area contributed by atoms with E-state index in [2.05, 4.69) is 60.7 Å². The summed E-state index contributed by atoms with van der Waals surface area (Å²) in [6, 6.07) is 25.9. The van der Waals surface area contributed by atoms with Crippen molar-refractivity contribution in [2.24, 2.45) is 0 Å². The Hall–Kier alpha value is -4.19. The highest BCUT2D eigenvalue weighted by Crippen LogP contribution is 2.38. The number of nitrogens with zero attached hydrogens (tertiary/aromatic N) is 3. The molecule has 182 valence electrons. The summed E-state index contributed by atoms with van der Waals surface area (Å²) >= 11 is 0. The van der Waals surface area contributed by atoms with Crippen molar-refractivity contribution in [1.82, 2.24) is 20.4 Å². The quantitative estimate of drug-likeness (QED) is 0.327. The molecule has 1 aliphatic rings. The first-order valence-electron chi connectivity index (χ1n) is 12.4. The Balaban J connectivity index is 1.57. The molecule has 0 saturated carbocycles. The molecule has 0 fully saturated rings. The molecule has 6 nitrogen and oxygen atoms in total. The first-order valence-corrected chi connectivity index (χ1v) is 12.4. The molecule has 6 heteroatoms. The second-order valence-corrected chi connectivity index (χ2v) is 9.02. The molecule has 1 unspecified atom stereocenters. The topological polar surface area (TPSA) is 71.3 Å². The van der Waals surface area contributed by atoms with Crippen LogP contribution >= 0.6 is 0 Å². The predicted molar refractivity (Wildman–Crippen MR) is 141 cm³/mol. The summed E-state index contributed by atoms with van der Waals surface area (Å²) in [7, 11) is 0. The van der Waals surface area contributed by atoms with Crippen molar-refractivity contribution in [1.29, 1.82) is 0 Å². The zero-order valence-electron chi connectivity index (χ0n) is 20.9. The van der Waals surface area contributed by atoms with Gasteiger partial charge < -0.3 is 9.84 Å². The number of aromatic nitrogens is 2. The Morgan fingerprint density at radius 3 is 2.14 bits per heavy atom. The van der Waals surface area contributed by atoms with Gasteiger partial charge in [0, 0.05) is 11.3 Å². The molecule has 3 aromatic carbocycles. The van der Waals surface area contributed by atoms with Gasteiger partial charge in [0.1, 0.15) is 0 Å². The van der Waals surface area contributed by atoms with E-state index in [-0.39, 0.29) is 6.03 Å². The number of rotatable bonds is 7. The van der Waals surface area contributed by atoms with Gasteiger partial charge in [-0.15, -0.1) is 0 Å². The molecule has 5 rings (SSSR count). The molecule has 4 aromatic rings. The normalized spacial score (nSPS) is 15.8. The number of carbonyl (C=O) groups excluding carboxylic acids is 1. The Morgan fingerprint density at radius 2 is 1.50 bits per heavy atom. The second kappa shape index (κ2) is 10.2. The molecule has 0 bridgehead atoms. The molecule has 36 heavy (non-hydrogen) atoms. The lowest BCUT2D eigenvalue weighted by atomic mass is 9.93. The van der Waals surface area contributed by atoms with Gasteiger partial charge in [-0.1, -0.05) is 97.9 Å². The molecule has 0 aliphatic carbocycles. The number of aryl methyl sites for hydroxylation is 2. The number of hydrogen-bond acceptors (Lipinski definition) is 4.